The van der Waals surface area contributed by atoms with Crippen LogP contribution in [0.5, 0.6) is 0 Å². The first-order valence-corrected chi connectivity index (χ1v) is 9.08. The largest absolute Gasteiger partial charge is 0.366 e. The van der Waals surface area contributed by atoms with E-state index < -0.39 is 0 Å². The van der Waals surface area contributed by atoms with Crippen molar-refractivity contribution in [2.75, 3.05) is 10.6 Å². The van der Waals surface area contributed by atoms with E-state index in [0.717, 1.165) is 16.8 Å². The van der Waals surface area contributed by atoms with Crippen molar-refractivity contribution >= 4 is 17.4 Å². The van der Waals surface area contributed by atoms with Crippen molar-refractivity contribution < 1.29 is 4.79 Å². The number of aromatic nitrogens is 1. The van der Waals surface area contributed by atoms with Gasteiger partial charge < -0.3 is 10.6 Å². The Balaban J connectivity index is 1.73. The van der Waals surface area contributed by atoms with Crippen LogP contribution in [0.1, 0.15) is 42.3 Å². The van der Waals surface area contributed by atoms with Gasteiger partial charge in [-0.05, 0) is 34.7 Å². The van der Waals surface area contributed by atoms with E-state index in [2.05, 4.69) is 42.5 Å². The molecule has 0 saturated carbocycles. The van der Waals surface area contributed by atoms with Crippen molar-refractivity contribution in [1.82, 2.24) is 4.98 Å². The molecule has 0 radical (unpaired) electrons. The number of carbonyl (C=O) groups excluding carboxylic acids is 1. The molecule has 0 aliphatic carbocycles. The van der Waals surface area contributed by atoms with E-state index in [0.29, 0.717) is 17.9 Å². The van der Waals surface area contributed by atoms with Crippen molar-refractivity contribution in [3.63, 3.8) is 0 Å². The van der Waals surface area contributed by atoms with Crippen LogP contribution < -0.4 is 10.6 Å². The lowest BCUT2D eigenvalue weighted by atomic mass is 9.86. The maximum atomic E-state index is 12.8. The Bertz CT molecular complexity index is 914. The average molecular weight is 359 g/mol. The second-order valence-electron chi connectivity index (χ2n) is 7.52. The highest BCUT2D eigenvalue weighted by molar-refractivity contribution is 6.05. The smallest absolute Gasteiger partial charge is 0.255 e. The summed E-state index contributed by atoms with van der Waals surface area (Å²) in [6.45, 7) is 7.06. The Kier molecular flexibility index (Phi) is 5.55. The zero-order valence-electron chi connectivity index (χ0n) is 16.0. The monoisotopic (exact) mass is 359 g/mol. The quantitative estimate of drug-likeness (QED) is 0.655. The lowest BCUT2D eigenvalue weighted by molar-refractivity contribution is 0.102. The van der Waals surface area contributed by atoms with Crippen LogP contribution in [-0.2, 0) is 12.0 Å². The molecule has 0 unspecified atom stereocenters. The number of nitrogens with zero attached hydrogens (tertiary/aromatic N) is 1. The molecular formula is C23H25N3O. The molecule has 0 atom stereocenters. The summed E-state index contributed by atoms with van der Waals surface area (Å²) in [5, 5.41) is 6.30. The zero-order chi connectivity index (χ0) is 19.3. The summed E-state index contributed by atoms with van der Waals surface area (Å²) in [7, 11) is 0. The lowest BCUT2D eigenvalue weighted by Crippen LogP contribution is -2.19. The van der Waals surface area contributed by atoms with Gasteiger partial charge in [-0.15, -0.1) is 0 Å². The first-order chi connectivity index (χ1) is 12.9. The lowest BCUT2D eigenvalue weighted by Gasteiger charge is -2.23. The third kappa shape index (κ3) is 4.94. The molecule has 0 saturated heterocycles. The van der Waals surface area contributed by atoms with Crippen molar-refractivity contribution in [3.8, 4) is 0 Å². The minimum Gasteiger partial charge on any atom is -0.366 e. The van der Waals surface area contributed by atoms with Crippen LogP contribution in [0.25, 0.3) is 0 Å². The summed E-state index contributed by atoms with van der Waals surface area (Å²) in [6.07, 6.45) is 1.65. The van der Waals surface area contributed by atoms with Crippen LogP contribution in [0.15, 0.2) is 72.9 Å². The molecule has 1 amide bonds. The second-order valence-corrected chi connectivity index (χ2v) is 7.52. The standard InChI is InChI=1S/C23H25N3O/c1-23(2,3)19-11-7-8-12-20(19)26-22(27)18-13-14-24-21(15-18)25-16-17-9-5-4-6-10-17/h4-15H,16H2,1-3H3,(H,24,25)(H,26,27). The van der Waals surface area contributed by atoms with Crippen molar-refractivity contribution in [3.05, 3.63) is 89.6 Å². The highest BCUT2D eigenvalue weighted by Gasteiger charge is 2.19. The molecule has 4 heteroatoms. The normalized spacial score (nSPS) is 11.1. The molecule has 3 rings (SSSR count). The van der Waals surface area contributed by atoms with Crippen LogP contribution in [0.4, 0.5) is 11.5 Å². The summed E-state index contributed by atoms with van der Waals surface area (Å²) in [4.78, 5) is 17.1. The molecule has 1 aromatic heterocycles. The first kappa shape index (κ1) is 18.6. The van der Waals surface area contributed by atoms with E-state index in [1.807, 2.05) is 48.5 Å². The van der Waals surface area contributed by atoms with Gasteiger partial charge in [-0.2, -0.15) is 0 Å². The van der Waals surface area contributed by atoms with E-state index in [1.54, 1.807) is 18.3 Å². The molecule has 3 aromatic rings. The third-order valence-corrected chi connectivity index (χ3v) is 4.32. The number of carbonyl (C=O) groups is 1. The van der Waals surface area contributed by atoms with Crippen molar-refractivity contribution in [2.45, 2.75) is 32.7 Å². The van der Waals surface area contributed by atoms with Gasteiger partial charge in [-0.1, -0.05) is 69.3 Å². The van der Waals surface area contributed by atoms with E-state index in [1.165, 1.54) is 0 Å². The fraction of sp³-hybridized carbons (Fsp3) is 0.217. The van der Waals surface area contributed by atoms with E-state index >= 15 is 0 Å². The molecule has 2 N–H and O–H groups in total. The van der Waals surface area contributed by atoms with Gasteiger partial charge in [0.2, 0.25) is 0 Å². The molecule has 0 aliphatic rings. The highest BCUT2D eigenvalue weighted by Crippen LogP contribution is 2.29. The minimum absolute atomic E-state index is 0.0511. The predicted octanol–water partition coefficient (Wildman–Crippen LogP) is 5.24. The van der Waals surface area contributed by atoms with Crippen molar-refractivity contribution in [1.29, 1.82) is 0 Å². The summed E-state index contributed by atoms with van der Waals surface area (Å²) >= 11 is 0. The van der Waals surface area contributed by atoms with Crippen molar-refractivity contribution in [2.24, 2.45) is 0 Å². The number of rotatable bonds is 5. The van der Waals surface area contributed by atoms with Gasteiger partial charge >= 0.3 is 0 Å². The van der Waals surface area contributed by atoms with Crippen LogP contribution in [0.2, 0.25) is 0 Å². The number of hydrogen-bond acceptors (Lipinski definition) is 3. The maximum absolute atomic E-state index is 12.8. The molecule has 0 bridgehead atoms. The second kappa shape index (κ2) is 8.04. The summed E-state index contributed by atoms with van der Waals surface area (Å²) in [5.41, 5.74) is 3.63. The Morgan fingerprint density at radius 1 is 0.963 bits per heavy atom. The third-order valence-electron chi connectivity index (χ3n) is 4.32. The van der Waals surface area contributed by atoms with Gasteiger partial charge in [0.1, 0.15) is 5.82 Å². The molecule has 138 valence electrons. The zero-order valence-corrected chi connectivity index (χ0v) is 16.0. The highest BCUT2D eigenvalue weighted by atomic mass is 16.1. The predicted molar refractivity (Wildman–Crippen MR) is 111 cm³/mol. The van der Waals surface area contributed by atoms with E-state index in [-0.39, 0.29) is 11.3 Å². The molecule has 0 spiro atoms. The fourth-order valence-electron chi connectivity index (χ4n) is 2.90. The van der Waals surface area contributed by atoms with Gasteiger partial charge in [-0.3, -0.25) is 4.79 Å². The number of nitrogens with one attached hydrogen (secondary N) is 2. The van der Waals surface area contributed by atoms with E-state index in [9.17, 15) is 4.79 Å². The van der Waals surface area contributed by atoms with Gasteiger partial charge in [0.15, 0.2) is 0 Å². The minimum atomic E-state index is -0.142. The number of benzene rings is 2. The molecule has 0 fully saturated rings. The first-order valence-electron chi connectivity index (χ1n) is 9.08. The summed E-state index contributed by atoms with van der Waals surface area (Å²) < 4.78 is 0. The Morgan fingerprint density at radius 3 is 2.41 bits per heavy atom. The van der Waals surface area contributed by atoms with Gasteiger partial charge in [0, 0.05) is 24.0 Å². The number of anilines is 2. The maximum Gasteiger partial charge on any atom is 0.255 e. The SMILES string of the molecule is CC(C)(C)c1ccccc1NC(=O)c1ccnc(NCc2ccccc2)c1. The average Bonchev–Trinajstić information content (AvgIpc) is 2.67. The number of para-hydroxylation sites is 1. The van der Waals surface area contributed by atoms with Crippen LogP contribution in [0.3, 0.4) is 0 Å². The molecule has 4 nitrogen and oxygen atoms in total. The molecular weight excluding hydrogens is 334 g/mol. The Hall–Kier alpha value is -3.14. The van der Waals surface area contributed by atoms with Crippen LogP contribution >= 0.6 is 0 Å². The molecule has 1 heterocycles. The topological polar surface area (TPSA) is 54.0 Å². The van der Waals surface area contributed by atoms with Gasteiger partial charge in [0.05, 0.1) is 0 Å². The van der Waals surface area contributed by atoms with Gasteiger partial charge in [0.25, 0.3) is 5.91 Å². The van der Waals surface area contributed by atoms with Crippen LogP contribution in [-0.4, -0.2) is 10.9 Å². The Labute approximate surface area is 160 Å². The number of pyridine rings is 1. The molecule has 27 heavy (non-hydrogen) atoms. The summed E-state index contributed by atoms with van der Waals surface area (Å²) in [6, 6.07) is 21.5. The molecule has 0 aliphatic heterocycles. The van der Waals surface area contributed by atoms with Gasteiger partial charge in [-0.25, -0.2) is 4.98 Å². The number of amides is 1. The molecule has 2 aromatic carbocycles. The van der Waals surface area contributed by atoms with Crippen LogP contribution in [0, 0.1) is 0 Å². The fourth-order valence-corrected chi connectivity index (χ4v) is 2.90. The summed E-state index contributed by atoms with van der Waals surface area (Å²) in [5.74, 6) is 0.535. The Morgan fingerprint density at radius 2 is 1.67 bits per heavy atom. The number of hydrogen-bond donors (Lipinski definition) is 2. The van der Waals surface area contributed by atoms with E-state index in [4.69, 9.17) is 0 Å².